The van der Waals surface area contributed by atoms with E-state index in [1.54, 1.807) is 0 Å². The Balaban J connectivity index is 2.27. The lowest BCUT2D eigenvalue weighted by Gasteiger charge is -2.15. The SMILES string of the molecule is CCNCc1ccccc1Oc1cc(C(C)C)ccc1C. The van der Waals surface area contributed by atoms with Crippen LogP contribution >= 0.6 is 0 Å². The van der Waals surface area contributed by atoms with Crippen LogP contribution in [0.25, 0.3) is 0 Å². The third kappa shape index (κ3) is 4.08. The number of benzene rings is 2. The molecule has 2 rings (SSSR count). The molecular formula is C19H25NO. The van der Waals surface area contributed by atoms with Gasteiger partial charge in [0.05, 0.1) is 0 Å². The van der Waals surface area contributed by atoms with Gasteiger partial charge in [-0.25, -0.2) is 0 Å². The molecule has 0 saturated heterocycles. The predicted octanol–water partition coefficient (Wildman–Crippen LogP) is 5.02. The molecule has 2 nitrogen and oxygen atoms in total. The van der Waals surface area contributed by atoms with Crippen molar-refractivity contribution < 1.29 is 4.74 Å². The molecule has 21 heavy (non-hydrogen) atoms. The summed E-state index contributed by atoms with van der Waals surface area (Å²) in [6.07, 6.45) is 0. The minimum atomic E-state index is 0.505. The molecule has 0 aromatic heterocycles. The first kappa shape index (κ1) is 15.6. The van der Waals surface area contributed by atoms with Crippen LogP contribution in [0.15, 0.2) is 42.5 Å². The van der Waals surface area contributed by atoms with E-state index in [-0.39, 0.29) is 0 Å². The molecule has 2 aromatic carbocycles. The van der Waals surface area contributed by atoms with Crippen LogP contribution < -0.4 is 10.1 Å². The Labute approximate surface area is 128 Å². The second-order valence-electron chi connectivity index (χ2n) is 5.67. The summed E-state index contributed by atoms with van der Waals surface area (Å²) in [5.74, 6) is 2.39. The molecule has 2 aromatic rings. The minimum Gasteiger partial charge on any atom is -0.457 e. The number of nitrogens with one attached hydrogen (secondary N) is 1. The molecule has 0 unspecified atom stereocenters. The molecule has 0 atom stereocenters. The van der Waals surface area contributed by atoms with Gasteiger partial charge in [-0.15, -0.1) is 0 Å². The van der Waals surface area contributed by atoms with Crippen molar-refractivity contribution in [1.82, 2.24) is 5.32 Å². The standard InChI is InChI=1S/C19H25NO/c1-5-20-13-17-8-6-7-9-18(17)21-19-12-16(14(2)3)11-10-15(19)4/h6-12,14,20H,5,13H2,1-4H3. The maximum absolute atomic E-state index is 6.19. The van der Waals surface area contributed by atoms with E-state index in [1.807, 2.05) is 12.1 Å². The van der Waals surface area contributed by atoms with Gasteiger partial charge in [0.2, 0.25) is 0 Å². The van der Waals surface area contributed by atoms with Crippen LogP contribution in [0.5, 0.6) is 11.5 Å². The molecule has 112 valence electrons. The van der Waals surface area contributed by atoms with E-state index < -0.39 is 0 Å². The van der Waals surface area contributed by atoms with Gasteiger partial charge in [-0.05, 0) is 42.6 Å². The highest BCUT2D eigenvalue weighted by atomic mass is 16.5. The van der Waals surface area contributed by atoms with Gasteiger partial charge in [0, 0.05) is 12.1 Å². The molecule has 2 heteroatoms. The zero-order valence-corrected chi connectivity index (χ0v) is 13.4. The third-order valence-electron chi connectivity index (χ3n) is 3.64. The minimum absolute atomic E-state index is 0.505. The van der Waals surface area contributed by atoms with Crippen LogP contribution in [-0.4, -0.2) is 6.54 Å². The lowest BCUT2D eigenvalue weighted by Crippen LogP contribution is -2.12. The monoisotopic (exact) mass is 283 g/mol. The highest BCUT2D eigenvalue weighted by Crippen LogP contribution is 2.30. The van der Waals surface area contributed by atoms with E-state index in [1.165, 1.54) is 11.1 Å². The first-order valence-electron chi connectivity index (χ1n) is 7.68. The largest absolute Gasteiger partial charge is 0.457 e. The Kier molecular flexibility index (Phi) is 5.40. The summed E-state index contributed by atoms with van der Waals surface area (Å²) in [5, 5.41) is 3.35. The van der Waals surface area contributed by atoms with Crippen molar-refractivity contribution in [2.75, 3.05) is 6.54 Å². The Hall–Kier alpha value is -1.80. The second-order valence-corrected chi connectivity index (χ2v) is 5.67. The Morgan fingerprint density at radius 2 is 1.81 bits per heavy atom. The number of hydrogen-bond donors (Lipinski definition) is 1. The van der Waals surface area contributed by atoms with Crippen LogP contribution in [0.3, 0.4) is 0 Å². The highest BCUT2D eigenvalue weighted by Gasteiger charge is 2.08. The van der Waals surface area contributed by atoms with E-state index in [4.69, 9.17) is 4.74 Å². The summed E-state index contributed by atoms with van der Waals surface area (Å²) in [6, 6.07) is 14.7. The van der Waals surface area contributed by atoms with Crippen LogP contribution in [0, 0.1) is 6.92 Å². The Morgan fingerprint density at radius 1 is 1.05 bits per heavy atom. The molecule has 0 aliphatic rings. The number of ether oxygens (including phenoxy) is 1. The van der Waals surface area contributed by atoms with Crippen molar-refractivity contribution in [1.29, 1.82) is 0 Å². The zero-order valence-electron chi connectivity index (χ0n) is 13.4. The molecule has 0 radical (unpaired) electrons. The fourth-order valence-corrected chi connectivity index (χ4v) is 2.21. The Morgan fingerprint density at radius 3 is 2.52 bits per heavy atom. The summed E-state index contributed by atoms with van der Waals surface area (Å²) < 4.78 is 6.19. The lowest BCUT2D eigenvalue weighted by molar-refractivity contribution is 0.468. The molecule has 0 amide bonds. The zero-order chi connectivity index (χ0) is 15.2. The molecule has 0 spiro atoms. The average Bonchev–Trinajstić information content (AvgIpc) is 2.48. The average molecular weight is 283 g/mol. The van der Waals surface area contributed by atoms with Crippen LogP contribution in [0.1, 0.15) is 43.4 Å². The van der Waals surface area contributed by atoms with Crippen molar-refractivity contribution in [3.05, 3.63) is 59.2 Å². The number of hydrogen-bond acceptors (Lipinski definition) is 2. The third-order valence-corrected chi connectivity index (χ3v) is 3.64. The summed E-state index contributed by atoms with van der Waals surface area (Å²) in [7, 11) is 0. The van der Waals surface area contributed by atoms with Crippen molar-refractivity contribution >= 4 is 0 Å². The van der Waals surface area contributed by atoms with Crippen LogP contribution in [0.2, 0.25) is 0 Å². The van der Waals surface area contributed by atoms with Gasteiger partial charge in [0.15, 0.2) is 0 Å². The Bertz CT molecular complexity index is 590. The molecule has 0 bridgehead atoms. The van der Waals surface area contributed by atoms with Crippen molar-refractivity contribution in [2.24, 2.45) is 0 Å². The normalized spacial score (nSPS) is 10.9. The number of para-hydroxylation sites is 1. The predicted molar refractivity (Wildman–Crippen MR) is 89.2 cm³/mol. The van der Waals surface area contributed by atoms with Gasteiger partial charge in [0.1, 0.15) is 11.5 Å². The van der Waals surface area contributed by atoms with Crippen molar-refractivity contribution in [2.45, 2.75) is 40.2 Å². The fraction of sp³-hybridized carbons (Fsp3) is 0.368. The smallest absolute Gasteiger partial charge is 0.131 e. The van der Waals surface area contributed by atoms with E-state index in [0.717, 1.165) is 30.2 Å². The molecule has 0 saturated carbocycles. The van der Waals surface area contributed by atoms with E-state index in [2.05, 4.69) is 63.3 Å². The first-order chi connectivity index (χ1) is 10.1. The van der Waals surface area contributed by atoms with Crippen LogP contribution in [-0.2, 0) is 6.54 Å². The molecule has 0 aliphatic carbocycles. The van der Waals surface area contributed by atoms with Gasteiger partial charge < -0.3 is 10.1 Å². The fourth-order valence-electron chi connectivity index (χ4n) is 2.21. The maximum Gasteiger partial charge on any atom is 0.131 e. The quantitative estimate of drug-likeness (QED) is 0.803. The van der Waals surface area contributed by atoms with E-state index in [9.17, 15) is 0 Å². The number of aryl methyl sites for hydroxylation is 1. The number of rotatable bonds is 6. The van der Waals surface area contributed by atoms with Crippen molar-refractivity contribution in [3.8, 4) is 11.5 Å². The first-order valence-corrected chi connectivity index (χ1v) is 7.68. The summed E-state index contributed by atoms with van der Waals surface area (Å²) in [6.45, 7) is 10.4. The summed E-state index contributed by atoms with van der Waals surface area (Å²) in [4.78, 5) is 0. The lowest BCUT2D eigenvalue weighted by atomic mass is 10.0. The van der Waals surface area contributed by atoms with Gasteiger partial charge in [-0.2, -0.15) is 0 Å². The van der Waals surface area contributed by atoms with Gasteiger partial charge in [0.25, 0.3) is 0 Å². The van der Waals surface area contributed by atoms with Crippen LogP contribution in [0.4, 0.5) is 0 Å². The van der Waals surface area contributed by atoms with Gasteiger partial charge in [-0.1, -0.05) is 51.1 Å². The molecule has 0 heterocycles. The maximum atomic E-state index is 6.19. The molecule has 0 fully saturated rings. The highest BCUT2D eigenvalue weighted by molar-refractivity contribution is 5.43. The molecular weight excluding hydrogens is 258 g/mol. The summed E-state index contributed by atoms with van der Waals surface area (Å²) in [5.41, 5.74) is 3.66. The summed E-state index contributed by atoms with van der Waals surface area (Å²) >= 11 is 0. The molecule has 1 N–H and O–H groups in total. The van der Waals surface area contributed by atoms with Gasteiger partial charge >= 0.3 is 0 Å². The van der Waals surface area contributed by atoms with Gasteiger partial charge in [-0.3, -0.25) is 0 Å². The second kappa shape index (κ2) is 7.28. The molecule has 0 aliphatic heterocycles. The van der Waals surface area contributed by atoms with E-state index >= 15 is 0 Å². The van der Waals surface area contributed by atoms with Crippen molar-refractivity contribution in [3.63, 3.8) is 0 Å². The topological polar surface area (TPSA) is 21.3 Å². The van der Waals surface area contributed by atoms with E-state index in [0.29, 0.717) is 5.92 Å².